The maximum atomic E-state index is 12.0. The SMILES string of the molecule is O=C(COc1ccccc1)N[C@H]1C(=O)N[C@H]1CN=CC(=O)OCc1ccccc1. The molecule has 0 radical (unpaired) electrons. The molecule has 0 aliphatic carbocycles. The molecule has 1 heterocycles. The first-order valence-electron chi connectivity index (χ1n) is 9.10. The first-order valence-corrected chi connectivity index (χ1v) is 9.10. The first kappa shape index (κ1) is 20.1. The number of carbonyl (C=O) groups excluding carboxylic acids is 3. The van der Waals surface area contributed by atoms with Crippen LogP contribution in [0.3, 0.4) is 0 Å². The summed E-state index contributed by atoms with van der Waals surface area (Å²) in [4.78, 5) is 39.4. The topological polar surface area (TPSA) is 106 Å². The summed E-state index contributed by atoms with van der Waals surface area (Å²) in [5.41, 5.74) is 0.876. The smallest absolute Gasteiger partial charge is 0.349 e. The molecule has 3 rings (SSSR count). The zero-order chi connectivity index (χ0) is 20.5. The molecule has 1 aliphatic rings. The van der Waals surface area contributed by atoms with Crippen molar-refractivity contribution in [3.8, 4) is 5.75 Å². The third-order valence-electron chi connectivity index (χ3n) is 4.16. The number of β-lactam (4-membered cyclic amide) rings is 1. The first-order chi connectivity index (χ1) is 14.1. The normalized spacial score (nSPS) is 17.9. The number of hydrogen-bond donors (Lipinski definition) is 2. The van der Waals surface area contributed by atoms with E-state index in [1.54, 1.807) is 24.3 Å². The molecule has 2 atom stereocenters. The van der Waals surface area contributed by atoms with Gasteiger partial charge in [-0.25, -0.2) is 4.79 Å². The molecule has 0 spiro atoms. The number of nitrogens with zero attached hydrogens (tertiary/aromatic N) is 1. The van der Waals surface area contributed by atoms with Crippen LogP contribution in [0.5, 0.6) is 5.75 Å². The van der Waals surface area contributed by atoms with Crippen LogP contribution in [-0.4, -0.2) is 49.2 Å². The van der Waals surface area contributed by atoms with Gasteiger partial charge in [-0.3, -0.25) is 14.6 Å². The van der Waals surface area contributed by atoms with Crippen molar-refractivity contribution in [3.05, 3.63) is 66.2 Å². The average Bonchev–Trinajstić information content (AvgIpc) is 2.75. The Kier molecular flexibility index (Phi) is 6.94. The molecule has 1 saturated heterocycles. The summed E-state index contributed by atoms with van der Waals surface area (Å²) in [6.45, 7) is 0.109. The number of amides is 2. The number of ether oxygens (including phenoxy) is 2. The highest BCUT2D eigenvalue weighted by Crippen LogP contribution is 2.09. The van der Waals surface area contributed by atoms with Gasteiger partial charge in [-0.15, -0.1) is 0 Å². The monoisotopic (exact) mass is 395 g/mol. The van der Waals surface area contributed by atoms with Gasteiger partial charge in [0, 0.05) is 0 Å². The van der Waals surface area contributed by atoms with E-state index >= 15 is 0 Å². The summed E-state index contributed by atoms with van der Waals surface area (Å²) in [5, 5.41) is 5.25. The second-order valence-corrected chi connectivity index (χ2v) is 6.35. The maximum absolute atomic E-state index is 12.0. The van der Waals surface area contributed by atoms with Crippen molar-refractivity contribution < 1.29 is 23.9 Å². The lowest BCUT2D eigenvalue weighted by molar-refractivity contribution is -0.136. The van der Waals surface area contributed by atoms with E-state index in [0.29, 0.717) is 5.75 Å². The van der Waals surface area contributed by atoms with Gasteiger partial charge in [0.1, 0.15) is 24.6 Å². The van der Waals surface area contributed by atoms with Crippen LogP contribution in [0.1, 0.15) is 5.56 Å². The zero-order valence-corrected chi connectivity index (χ0v) is 15.6. The van der Waals surface area contributed by atoms with Gasteiger partial charge in [-0.2, -0.15) is 0 Å². The largest absolute Gasteiger partial charge is 0.484 e. The predicted molar refractivity (Wildman–Crippen MR) is 105 cm³/mol. The molecular weight excluding hydrogens is 374 g/mol. The van der Waals surface area contributed by atoms with Gasteiger partial charge < -0.3 is 20.1 Å². The number of benzene rings is 2. The van der Waals surface area contributed by atoms with Crippen molar-refractivity contribution >= 4 is 24.0 Å². The third kappa shape index (κ3) is 6.17. The standard InChI is InChI=1S/C21H21N3O5/c25-18(14-28-16-9-5-2-6-10-16)24-20-17(23-21(20)27)11-22-12-19(26)29-13-15-7-3-1-4-8-15/h1-10,12,17,20H,11,13-14H2,(H,23,27)(H,24,25)/t17-,20+/m0/s1. The lowest BCUT2D eigenvalue weighted by Crippen LogP contribution is -2.70. The van der Waals surface area contributed by atoms with Crippen molar-refractivity contribution in [2.75, 3.05) is 13.2 Å². The summed E-state index contributed by atoms with van der Waals surface area (Å²) in [6.07, 6.45) is 1.07. The second-order valence-electron chi connectivity index (χ2n) is 6.35. The second kappa shape index (κ2) is 10.0. The summed E-state index contributed by atoms with van der Waals surface area (Å²) in [7, 11) is 0. The fraction of sp³-hybridized carbons (Fsp3) is 0.238. The molecule has 2 N–H and O–H groups in total. The van der Waals surface area contributed by atoms with Gasteiger partial charge in [0.25, 0.3) is 5.91 Å². The van der Waals surface area contributed by atoms with E-state index in [-0.39, 0.29) is 31.7 Å². The van der Waals surface area contributed by atoms with Gasteiger partial charge in [0.2, 0.25) is 5.91 Å². The van der Waals surface area contributed by atoms with E-state index in [2.05, 4.69) is 15.6 Å². The van der Waals surface area contributed by atoms with E-state index in [1.807, 2.05) is 36.4 Å². The Balaban J connectivity index is 1.38. The number of hydrogen-bond acceptors (Lipinski definition) is 6. The molecule has 1 fully saturated rings. The summed E-state index contributed by atoms with van der Waals surface area (Å²) in [6, 6.07) is 17.1. The van der Waals surface area contributed by atoms with Crippen molar-refractivity contribution in [1.29, 1.82) is 0 Å². The molecule has 2 aromatic carbocycles. The molecule has 0 unspecified atom stereocenters. The van der Waals surface area contributed by atoms with Gasteiger partial charge in [0.05, 0.1) is 12.6 Å². The minimum absolute atomic E-state index is 0.149. The number of esters is 1. The maximum Gasteiger partial charge on any atom is 0.349 e. The fourth-order valence-corrected chi connectivity index (χ4v) is 2.65. The highest BCUT2D eigenvalue weighted by molar-refractivity contribution is 6.23. The number of aliphatic imine (C=N–C) groups is 1. The van der Waals surface area contributed by atoms with E-state index in [0.717, 1.165) is 11.8 Å². The Bertz CT molecular complexity index is 870. The molecule has 2 aromatic rings. The Morgan fingerprint density at radius 3 is 2.45 bits per heavy atom. The van der Waals surface area contributed by atoms with Crippen LogP contribution in [0.4, 0.5) is 0 Å². The lowest BCUT2D eigenvalue weighted by atomic mass is 9.99. The molecule has 0 bridgehead atoms. The van der Waals surface area contributed by atoms with Crippen LogP contribution in [0, 0.1) is 0 Å². The van der Waals surface area contributed by atoms with E-state index < -0.39 is 17.9 Å². The molecule has 8 heteroatoms. The van der Waals surface area contributed by atoms with Gasteiger partial charge in [0.15, 0.2) is 6.61 Å². The molecule has 29 heavy (non-hydrogen) atoms. The van der Waals surface area contributed by atoms with Crippen molar-refractivity contribution in [1.82, 2.24) is 10.6 Å². The summed E-state index contributed by atoms with van der Waals surface area (Å²) in [5.74, 6) is -0.720. The molecule has 150 valence electrons. The highest BCUT2D eigenvalue weighted by atomic mass is 16.5. The molecular formula is C21H21N3O5. The molecule has 1 aliphatic heterocycles. The minimum Gasteiger partial charge on any atom is -0.484 e. The average molecular weight is 395 g/mol. The van der Waals surface area contributed by atoms with Crippen LogP contribution >= 0.6 is 0 Å². The van der Waals surface area contributed by atoms with Crippen molar-refractivity contribution in [2.24, 2.45) is 4.99 Å². The van der Waals surface area contributed by atoms with Crippen LogP contribution in [-0.2, 0) is 25.7 Å². The zero-order valence-electron chi connectivity index (χ0n) is 15.6. The Morgan fingerprint density at radius 1 is 1.07 bits per heavy atom. The van der Waals surface area contributed by atoms with Crippen LogP contribution in [0.25, 0.3) is 0 Å². The van der Waals surface area contributed by atoms with E-state index in [9.17, 15) is 14.4 Å². The van der Waals surface area contributed by atoms with Gasteiger partial charge in [-0.1, -0.05) is 48.5 Å². The number of carbonyl (C=O) groups is 3. The van der Waals surface area contributed by atoms with Crippen LogP contribution in [0.15, 0.2) is 65.7 Å². The van der Waals surface area contributed by atoms with Crippen molar-refractivity contribution in [3.63, 3.8) is 0 Å². The lowest BCUT2D eigenvalue weighted by Gasteiger charge is -2.36. The Labute approximate surface area is 167 Å². The number of rotatable bonds is 9. The summed E-state index contributed by atoms with van der Waals surface area (Å²) < 4.78 is 10.4. The quantitative estimate of drug-likeness (QED) is 0.372. The van der Waals surface area contributed by atoms with Crippen LogP contribution < -0.4 is 15.4 Å². The predicted octanol–water partition coefficient (Wildman–Crippen LogP) is 0.863. The van der Waals surface area contributed by atoms with E-state index in [1.165, 1.54) is 0 Å². The molecule has 8 nitrogen and oxygen atoms in total. The molecule has 2 amide bonds. The van der Waals surface area contributed by atoms with E-state index in [4.69, 9.17) is 9.47 Å². The van der Waals surface area contributed by atoms with Crippen LogP contribution in [0.2, 0.25) is 0 Å². The minimum atomic E-state index is -0.709. The number of nitrogens with one attached hydrogen (secondary N) is 2. The molecule has 0 saturated carbocycles. The highest BCUT2D eigenvalue weighted by Gasteiger charge is 2.40. The van der Waals surface area contributed by atoms with Gasteiger partial charge >= 0.3 is 5.97 Å². The Morgan fingerprint density at radius 2 is 1.76 bits per heavy atom. The van der Waals surface area contributed by atoms with Crippen molar-refractivity contribution in [2.45, 2.75) is 18.7 Å². The fourth-order valence-electron chi connectivity index (χ4n) is 2.65. The summed E-state index contributed by atoms with van der Waals surface area (Å²) >= 11 is 0. The Hall–Kier alpha value is -3.68. The third-order valence-corrected chi connectivity index (χ3v) is 4.16. The number of para-hydroxylation sites is 1. The van der Waals surface area contributed by atoms with Gasteiger partial charge in [-0.05, 0) is 17.7 Å². The molecule has 0 aromatic heterocycles.